The maximum Gasteiger partial charge on any atom is 0.127 e. The summed E-state index contributed by atoms with van der Waals surface area (Å²) in [6.45, 7) is 0. The summed E-state index contributed by atoms with van der Waals surface area (Å²) < 4.78 is 6.20. The van der Waals surface area contributed by atoms with Crippen LogP contribution in [0.1, 0.15) is 0 Å². The Hall–Kier alpha value is -4.23. The van der Waals surface area contributed by atoms with Gasteiger partial charge in [0, 0.05) is 10.8 Å². The van der Waals surface area contributed by atoms with E-state index >= 15 is 0 Å². The highest BCUT2D eigenvalue weighted by molar-refractivity contribution is 6.78. The highest BCUT2D eigenvalue weighted by Gasteiger charge is 2.32. The Bertz CT molecular complexity index is 4210. The van der Waals surface area contributed by atoms with Gasteiger partial charge >= 0.3 is 0 Å². The number of rotatable bonds is 2. The fourth-order valence-corrected chi connectivity index (χ4v) is 10.4. The zero-order valence-electron chi connectivity index (χ0n) is 37.4. The highest BCUT2D eigenvalue weighted by Crippen LogP contribution is 2.43. The van der Waals surface area contributed by atoms with Crippen LogP contribution in [0.25, 0.3) is 98.1 Å². The summed E-state index contributed by atoms with van der Waals surface area (Å²) in [5.41, 5.74) is -3.64. The topological polar surface area (TPSA) is 13.1 Å². The average molecular weight is 826 g/mol. The first-order chi connectivity index (χ1) is 33.2. The minimum Gasteiger partial charge on any atom is -0.457 e. The molecule has 0 saturated carbocycles. The Kier molecular flexibility index (Phi) is 11.8. The van der Waals surface area contributed by atoms with Crippen LogP contribution in [0, 0.1) is 0 Å². The van der Waals surface area contributed by atoms with Gasteiger partial charge in [0.05, 0.1) is 0 Å². The van der Waals surface area contributed by atoms with Crippen LogP contribution in [-0.4, -0.2) is 204 Å². The van der Waals surface area contributed by atoms with Crippen molar-refractivity contribution in [3.05, 3.63) is 0 Å². The number of hydrogen-bond donors (Lipinski definition) is 0. The molecule has 260 valence electrons. The van der Waals surface area contributed by atoms with Gasteiger partial charge in [-0.25, -0.2) is 0 Å². The van der Waals surface area contributed by atoms with E-state index in [1.165, 1.54) is 0 Å². The second-order valence-electron chi connectivity index (χ2n) is 17.5. The Labute approximate surface area is 445 Å². The second-order valence-corrected chi connectivity index (χ2v) is 17.5. The Morgan fingerprint density at radius 2 is 0.338 bits per heavy atom. The number of hydrogen-bond acceptors (Lipinski definition) is 1. The third-order valence-corrected chi connectivity index (χ3v) is 14.1. The van der Waals surface area contributed by atoms with Crippen molar-refractivity contribution < 1.29 is 4.42 Å². The van der Waals surface area contributed by atoms with Crippen LogP contribution >= 0.6 is 0 Å². The second kappa shape index (κ2) is 16.6. The summed E-state index contributed by atoms with van der Waals surface area (Å²) in [6, 6.07) is 0. The van der Waals surface area contributed by atoms with Crippen LogP contribution < -0.4 is 142 Å². The Balaban J connectivity index is 1.60. The largest absolute Gasteiger partial charge is 0.457 e. The molecule has 0 bridgehead atoms. The lowest BCUT2D eigenvalue weighted by Gasteiger charge is -2.33. The molecule has 52 radical (unpaired) electrons. The normalized spacial score (nSPS) is 12.0. The molecule has 0 saturated heterocycles. The zero-order chi connectivity index (χ0) is 52.1. The molecular formula is C44B26O. The van der Waals surface area contributed by atoms with Gasteiger partial charge < -0.3 is 4.42 Å². The van der Waals surface area contributed by atoms with Gasteiger partial charge in [-0.3, -0.25) is 0 Å². The van der Waals surface area contributed by atoms with E-state index in [0.29, 0.717) is 0 Å². The standard InChI is InChI=1S/C44B26O/c45-17-4(11-9(23(51)35(63)37(65)25(11)53)3-10-14(27(55)26(54)12(3)17)28(56)38(66)36(64)24(10)52)1-5-7(21(49)33(61)31(59)19(5)47)2(8-6(1)20(48)32(60)34(62)22(8)50)13-18(46)15-16-30(58)39(67)40(68)42(70)44(16)71-43(15)41(69)29(13)57. The predicted octanol–water partition coefficient (Wildman–Crippen LogP) is -18.7. The van der Waals surface area contributed by atoms with Crippen molar-refractivity contribution in [2.75, 3.05) is 0 Å². The molecule has 71 heavy (non-hydrogen) atoms. The summed E-state index contributed by atoms with van der Waals surface area (Å²) in [5.74, 6) is 0. The van der Waals surface area contributed by atoms with Gasteiger partial charge in [-0.15, -0.1) is 54.6 Å². The summed E-state index contributed by atoms with van der Waals surface area (Å²) in [7, 11) is 178. The first-order valence-electron chi connectivity index (χ1n) is 20.9. The quantitative estimate of drug-likeness (QED) is 0.0961. The SMILES string of the molecule is [B]c1c([B])c([B])c2c(oc3c([B])c([B])c(-c4c5c([B])c([B])c([B])c([B])c5c(-c5c([B])c6c([B])c([B])c7c([B])c([B])c([B])c([B])c7c6c6c([B])c([B])c([B])c([B])c56)c5c([B])c([B])c([B])c([B])c45)c([B])c32)c1[B]. The molecule has 0 aliphatic carbocycles. The molecule has 0 fully saturated rings. The molecule has 0 atom stereocenters. The molecule has 0 spiro atoms. The van der Waals surface area contributed by atoms with Gasteiger partial charge in [-0.1, -0.05) is 87.4 Å². The van der Waals surface area contributed by atoms with Crippen LogP contribution in [0.4, 0.5) is 0 Å². The van der Waals surface area contributed by atoms with E-state index < -0.39 is 0 Å². The molecule has 0 aliphatic heterocycles. The molecule has 1 aromatic heterocycles. The van der Waals surface area contributed by atoms with Crippen molar-refractivity contribution in [2.45, 2.75) is 0 Å². The maximum absolute atomic E-state index is 7.51. The highest BCUT2D eigenvalue weighted by atomic mass is 16.3. The molecule has 0 aliphatic rings. The van der Waals surface area contributed by atoms with Crippen molar-refractivity contribution in [2.24, 2.45) is 0 Å². The third-order valence-electron chi connectivity index (χ3n) is 14.1. The Morgan fingerprint density at radius 1 is 0.127 bits per heavy atom. The van der Waals surface area contributed by atoms with E-state index in [9.17, 15) is 0 Å². The van der Waals surface area contributed by atoms with Gasteiger partial charge in [0.2, 0.25) is 0 Å². The van der Waals surface area contributed by atoms with E-state index in [1.807, 2.05) is 0 Å². The van der Waals surface area contributed by atoms with Crippen molar-refractivity contribution in [3.8, 4) is 22.3 Å². The fourth-order valence-electron chi connectivity index (χ4n) is 10.4. The lowest BCUT2D eigenvalue weighted by Crippen LogP contribution is -2.51. The van der Waals surface area contributed by atoms with Gasteiger partial charge in [0.1, 0.15) is 215 Å². The molecule has 27 heteroatoms. The molecule has 10 rings (SSSR count). The zero-order valence-corrected chi connectivity index (χ0v) is 37.4. The summed E-state index contributed by atoms with van der Waals surface area (Å²) in [5, 5.41) is 0.727. The third kappa shape index (κ3) is 6.20. The minimum absolute atomic E-state index is 0.00411. The van der Waals surface area contributed by atoms with Crippen LogP contribution in [0.2, 0.25) is 0 Å². The summed E-state index contributed by atoms with van der Waals surface area (Å²) in [4.78, 5) is 0. The predicted molar refractivity (Wildman–Crippen MR) is 332 cm³/mol. The molecule has 9 aromatic carbocycles. The molecule has 0 N–H and O–H groups in total. The van der Waals surface area contributed by atoms with Crippen LogP contribution in [-0.2, 0) is 0 Å². The maximum atomic E-state index is 7.51. The van der Waals surface area contributed by atoms with E-state index in [4.69, 9.17) is 208 Å². The van der Waals surface area contributed by atoms with E-state index in [2.05, 4.69) is 0 Å². The molecule has 1 nitrogen and oxygen atoms in total. The molecule has 0 amide bonds. The molecule has 0 unspecified atom stereocenters. The Morgan fingerprint density at radius 3 is 0.718 bits per heavy atom. The molecular weight excluding hydrogens is 826 g/mol. The van der Waals surface area contributed by atoms with Crippen LogP contribution in [0.5, 0.6) is 0 Å². The smallest absolute Gasteiger partial charge is 0.127 e. The monoisotopic (exact) mass is 830 g/mol. The van der Waals surface area contributed by atoms with Gasteiger partial charge in [-0.2, -0.15) is 0 Å². The van der Waals surface area contributed by atoms with Crippen molar-refractivity contribution >= 4 is 422 Å². The van der Waals surface area contributed by atoms with Gasteiger partial charge in [0.25, 0.3) is 0 Å². The molecule has 10 aromatic rings. The van der Waals surface area contributed by atoms with Crippen molar-refractivity contribution in [1.82, 2.24) is 0 Å². The van der Waals surface area contributed by atoms with Gasteiger partial charge in [-0.05, 0) is 76.1 Å². The lowest BCUT2D eigenvalue weighted by atomic mass is 9.56. The number of furan rings is 1. The minimum atomic E-state index is -0.202. The summed E-state index contributed by atoms with van der Waals surface area (Å²) in [6.07, 6.45) is 0. The van der Waals surface area contributed by atoms with E-state index in [1.54, 1.807) is 0 Å². The fraction of sp³-hybridized carbons (Fsp3) is 0. The van der Waals surface area contributed by atoms with Crippen LogP contribution in [0.15, 0.2) is 4.42 Å². The first-order valence-corrected chi connectivity index (χ1v) is 20.9. The summed E-state index contributed by atoms with van der Waals surface area (Å²) >= 11 is 0. The average Bonchev–Trinajstić information content (AvgIpc) is 3.76. The van der Waals surface area contributed by atoms with E-state index in [-0.39, 0.29) is 240 Å². The molecule has 1 heterocycles. The number of fused-ring (bicyclic) bond motifs is 10. The van der Waals surface area contributed by atoms with Crippen LogP contribution in [0.3, 0.4) is 0 Å². The lowest BCUT2D eigenvalue weighted by molar-refractivity contribution is 0.675. The first kappa shape index (κ1) is 50.3. The van der Waals surface area contributed by atoms with Gasteiger partial charge in [0.15, 0.2) is 0 Å². The van der Waals surface area contributed by atoms with Crippen molar-refractivity contribution in [1.29, 1.82) is 0 Å². The van der Waals surface area contributed by atoms with E-state index in [0.717, 1.165) is 0 Å². The van der Waals surface area contributed by atoms with Crippen molar-refractivity contribution in [3.63, 3.8) is 0 Å². The number of benzene rings is 9.